The van der Waals surface area contributed by atoms with E-state index < -0.39 is 10.0 Å². The van der Waals surface area contributed by atoms with Crippen molar-refractivity contribution in [1.29, 1.82) is 0 Å². The Morgan fingerprint density at radius 1 is 1.36 bits per heavy atom. The van der Waals surface area contributed by atoms with E-state index in [1.54, 1.807) is 18.2 Å². The largest absolute Gasteiger partial charge is 0.495 e. The number of nitrogens with one attached hydrogen (secondary N) is 1. The fraction of sp³-hybridized carbons (Fsp3) is 0.333. The van der Waals surface area contributed by atoms with Crippen molar-refractivity contribution in [1.82, 2.24) is 4.72 Å². The average Bonchev–Trinajstić information content (AvgIpc) is 2.18. The molecule has 0 atom stereocenters. The molecule has 0 unspecified atom stereocenters. The fourth-order valence-electron chi connectivity index (χ4n) is 1.10. The Kier molecular flexibility index (Phi) is 3.13. The number of benzene rings is 1. The molecule has 0 heterocycles. The third kappa shape index (κ3) is 2.05. The summed E-state index contributed by atoms with van der Waals surface area (Å²) in [5.41, 5.74) is 0.875. The van der Waals surface area contributed by atoms with Crippen LogP contribution in [-0.2, 0) is 10.0 Å². The highest BCUT2D eigenvalue weighted by atomic mass is 32.2. The van der Waals surface area contributed by atoms with Gasteiger partial charge in [0, 0.05) is 0 Å². The molecular formula is C9H13NO3S. The molecule has 0 bridgehead atoms. The van der Waals surface area contributed by atoms with E-state index in [9.17, 15) is 8.42 Å². The molecular weight excluding hydrogens is 202 g/mol. The first-order valence-corrected chi connectivity index (χ1v) is 5.58. The Balaban J connectivity index is 3.39. The highest BCUT2D eigenvalue weighted by molar-refractivity contribution is 7.89. The molecule has 0 saturated heterocycles. The minimum atomic E-state index is -3.44. The Bertz CT molecular complexity index is 426. The van der Waals surface area contributed by atoms with Crippen molar-refractivity contribution in [2.24, 2.45) is 0 Å². The first-order chi connectivity index (χ1) is 6.51. The second-order valence-electron chi connectivity index (χ2n) is 2.86. The van der Waals surface area contributed by atoms with Gasteiger partial charge in [-0.15, -0.1) is 0 Å². The molecule has 1 aromatic rings. The maximum atomic E-state index is 11.5. The lowest BCUT2D eigenvalue weighted by Gasteiger charge is -2.08. The molecule has 1 N–H and O–H groups in total. The highest BCUT2D eigenvalue weighted by Gasteiger charge is 2.16. The number of hydrogen-bond acceptors (Lipinski definition) is 3. The van der Waals surface area contributed by atoms with E-state index in [0.717, 1.165) is 5.56 Å². The van der Waals surface area contributed by atoms with Crippen molar-refractivity contribution in [3.8, 4) is 5.75 Å². The van der Waals surface area contributed by atoms with Crippen molar-refractivity contribution >= 4 is 10.0 Å². The predicted octanol–water partition coefficient (Wildman–Crippen LogP) is 0.912. The molecule has 0 amide bonds. The summed E-state index contributed by atoms with van der Waals surface area (Å²) >= 11 is 0. The predicted molar refractivity (Wildman–Crippen MR) is 54.0 cm³/mol. The van der Waals surface area contributed by atoms with Crippen LogP contribution < -0.4 is 9.46 Å². The van der Waals surface area contributed by atoms with Gasteiger partial charge < -0.3 is 4.74 Å². The van der Waals surface area contributed by atoms with Gasteiger partial charge in [-0.05, 0) is 31.7 Å². The van der Waals surface area contributed by atoms with Crippen LogP contribution in [0.3, 0.4) is 0 Å². The standard InChI is InChI=1S/C9H13NO3S/c1-7-4-5-8(13-3)9(6-7)14(11,12)10-2/h4-6,10H,1-3H3. The summed E-state index contributed by atoms with van der Waals surface area (Å²) < 4.78 is 30.3. The molecule has 0 saturated carbocycles. The summed E-state index contributed by atoms with van der Waals surface area (Å²) in [5.74, 6) is 0.352. The zero-order valence-corrected chi connectivity index (χ0v) is 9.18. The summed E-state index contributed by atoms with van der Waals surface area (Å²) in [6.45, 7) is 1.83. The molecule has 0 aromatic heterocycles. The van der Waals surface area contributed by atoms with Crippen molar-refractivity contribution in [2.45, 2.75) is 11.8 Å². The van der Waals surface area contributed by atoms with E-state index in [0.29, 0.717) is 5.75 Å². The van der Waals surface area contributed by atoms with Gasteiger partial charge in [0.15, 0.2) is 0 Å². The summed E-state index contributed by atoms with van der Waals surface area (Å²) in [4.78, 5) is 0.169. The topological polar surface area (TPSA) is 55.4 Å². The van der Waals surface area contributed by atoms with Crippen LogP contribution in [0.2, 0.25) is 0 Å². The Morgan fingerprint density at radius 3 is 2.50 bits per heavy atom. The lowest BCUT2D eigenvalue weighted by molar-refractivity contribution is 0.402. The van der Waals surface area contributed by atoms with Crippen LogP contribution in [0.1, 0.15) is 5.56 Å². The van der Waals surface area contributed by atoms with Crippen LogP contribution in [0.5, 0.6) is 5.75 Å². The van der Waals surface area contributed by atoms with Crippen LogP contribution >= 0.6 is 0 Å². The normalized spacial score (nSPS) is 11.4. The highest BCUT2D eigenvalue weighted by Crippen LogP contribution is 2.23. The zero-order chi connectivity index (χ0) is 10.8. The third-order valence-corrected chi connectivity index (χ3v) is 3.31. The summed E-state index contributed by atoms with van der Waals surface area (Å²) in [6.07, 6.45) is 0. The monoisotopic (exact) mass is 215 g/mol. The molecule has 0 aliphatic heterocycles. The van der Waals surface area contributed by atoms with Gasteiger partial charge in [0.25, 0.3) is 0 Å². The average molecular weight is 215 g/mol. The summed E-state index contributed by atoms with van der Waals surface area (Å²) in [7, 11) is -0.623. The van der Waals surface area contributed by atoms with Crippen molar-refractivity contribution < 1.29 is 13.2 Å². The number of sulfonamides is 1. The maximum absolute atomic E-state index is 11.5. The zero-order valence-electron chi connectivity index (χ0n) is 8.37. The Labute approximate surface area is 84.0 Å². The van der Waals surface area contributed by atoms with Crippen LogP contribution in [0, 0.1) is 6.92 Å². The minimum Gasteiger partial charge on any atom is -0.495 e. The van der Waals surface area contributed by atoms with E-state index in [-0.39, 0.29) is 4.90 Å². The lowest BCUT2D eigenvalue weighted by Crippen LogP contribution is -2.19. The molecule has 0 fully saturated rings. The van der Waals surface area contributed by atoms with Crippen molar-refractivity contribution in [3.63, 3.8) is 0 Å². The molecule has 1 aromatic carbocycles. The van der Waals surface area contributed by atoms with Crippen LogP contribution in [0.25, 0.3) is 0 Å². The first kappa shape index (κ1) is 11.0. The number of aryl methyl sites for hydroxylation is 1. The van der Waals surface area contributed by atoms with Crippen molar-refractivity contribution in [3.05, 3.63) is 23.8 Å². The molecule has 0 aliphatic rings. The molecule has 14 heavy (non-hydrogen) atoms. The number of rotatable bonds is 3. The number of hydrogen-bond donors (Lipinski definition) is 1. The smallest absolute Gasteiger partial charge is 0.244 e. The van der Waals surface area contributed by atoms with Gasteiger partial charge in [0.1, 0.15) is 10.6 Å². The van der Waals surface area contributed by atoms with Gasteiger partial charge in [-0.1, -0.05) is 6.07 Å². The number of methoxy groups -OCH3 is 1. The fourth-order valence-corrected chi connectivity index (χ4v) is 2.08. The molecule has 0 spiro atoms. The molecule has 5 heteroatoms. The maximum Gasteiger partial charge on any atom is 0.244 e. The Hall–Kier alpha value is -1.07. The quantitative estimate of drug-likeness (QED) is 0.815. The summed E-state index contributed by atoms with van der Waals surface area (Å²) in [5, 5.41) is 0. The summed E-state index contributed by atoms with van der Waals surface area (Å²) in [6, 6.07) is 5.01. The van der Waals surface area contributed by atoms with Crippen LogP contribution in [0.4, 0.5) is 0 Å². The SMILES string of the molecule is CNS(=O)(=O)c1cc(C)ccc1OC. The van der Waals surface area contributed by atoms with E-state index in [2.05, 4.69) is 4.72 Å². The first-order valence-electron chi connectivity index (χ1n) is 4.09. The van der Waals surface area contributed by atoms with Gasteiger partial charge in [0.05, 0.1) is 7.11 Å². The van der Waals surface area contributed by atoms with Gasteiger partial charge in [-0.2, -0.15) is 0 Å². The van der Waals surface area contributed by atoms with Crippen molar-refractivity contribution in [2.75, 3.05) is 14.2 Å². The van der Waals surface area contributed by atoms with Crippen LogP contribution in [0.15, 0.2) is 23.1 Å². The minimum absolute atomic E-state index is 0.169. The van der Waals surface area contributed by atoms with Crippen LogP contribution in [-0.4, -0.2) is 22.6 Å². The second-order valence-corrected chi connectivity index (χ2v) is 4.72. The van der Waals surface area contributed by atoms with Gasteiger partial charge in [-0.25, -0.2) is 13.1 Å². The number of ether oxygens (including phenoxy) is 1. The van der Waals surface area contributed by atoms with Gasteiger partial charge in [-0.3, -0.25) is 0 Å². The molecule has 78 valence electrons. The van der Waals surface area contributed by atoms with E-state index in [1.165, 1.54) is 14.2 Å². The Morgan fingerprint density at radius 2 is 2.00 bits per heavy atom. The second kappa shape index (κ2) is 3.98. The molecule has 4 nitrogen and oxygen atoms in total. The third-order valence-electron chi connectivity index (χ3n) is 1.88. The van der Waals surface area contributed by atoms with E-state index in [4.69, 9.17) is 4.74 Å². The molecule has 0 aliphatic carbocycles. The molecule has 0 radical (unpaired) electrons. The molecule has 1 rings (SSSR count). The van der Waals surface area contributed by atoms with E-state index >= 15 is 0 Å². The van der Waals surface area contributed by atoms with Gasteiger partial charge in [0.2, 0.25) is 10.0 Å². The van der Waals surface area contributed by atoms with Gasteiger partial charge >= 0.3 is 0 Å². The lowest BCUT2D eigenvalue weighted by atomic mass is 10.2. The van der Waals surface area contributed by atoms with E-state index in [1.807, 2.05) is 6.92 Å².